The molecular formula is C14H25F. The fraction of sp³-hybridized carbons (Fsp3) is 1.00. The highest BCUT2D eigenvalue weighted by atomic mass is 19.1. The Balaban J connectivity index is 2.16. The van der Waals surface area contributed by atoms with Gasteiger partial charge in [-0.25, -0.2) is 4.39 Å². The van der Waals surface area contributed by atoms with Crippen LogP contribution in [0.3, 0.4) is 0 Å². The first-order chi connectivity index (χ1) is 7.02. The third-order valence-corrected chi connectivity index (χ3v) is 5.37. The van der Waals surface area contributed by atoms with Gasteiger partial charge in [-0.05, 0) is 48.3 Å². The van der Waals surface area contributed by atoms with Crippen LogP contribution in [0.4, 0.5) is 4.39 Å². The summed E-state index contributed by atoms with van der Waals surface area (Å²) in [6.45, 7) is 8.94. The van der Waals surface area contributed by atoms with Crippen LogP contribution in [-0.2, 0) is 0 Å². The molecule has 0 radical (unpaired) electrons. The van der Waals surface area contributed by atoms with E-state index in [0.29, 0.717) is 11.8 Å². The van der Waals surface area contributed by atoms with Crippen molar-refractivity contribution in [2.24, 2.45) is 35.5 Å². The second kappa shape index (κ2) is 4.07. The minimum absolute atomic E-state index is 0.288. The van der Waals surface area contributed by atoms with Gasteiger partial charge in [0.25, 0.3) is 0 Å². The summed E-state index contributed by atoms with van der Waals surface area (Å²) in [5.41, 5.74) is 0. The highest BCUT2D eigenvalue weighted by Gasteiger charge is 2.46. The van der Waals surface area contributed by atoms with E-state index in [-0.39, 0.29) is 5.92 Å². The first kappa shape index (κ1) is 11.4. The van der Waals surface area contributed by atoms with Crippen LogP contribution in [0, 0.1) is 35.5 Å². The van der Waals surface area contributed by atoms with Gasteiger partial charge in [-0.15, -0.1) is 0 Å². The minimum Gasteiger partial charge on any atom is -0.247 e. The Morgan fingerprint density at radius 2 is 1.53 bits per heavy atom. The number of alkyl halides is 1. The fourth-order valence-electron chi connectivity index (χ4n) is 4.26. The summed E-state index contributed by atoms with van der Waals surface area (Å²) >= 11 is 0. The highest BCUT2D eigenvalue weighted by molar-refractivity contribution is 4.94. The molecule has 2 fully saturated rings. The van der Waals surface area contributed by atoms with E-state index in [4.69, 9.17) is 0 Å². The fourth-order valence-corrected chi connectivity index (χ4v) is 4.26. The number of halogens is 1. The molecule has 1 heteroatoms. The molecule has 15 heavy (non-hydrogen) atoms. The molecule has 0 aliphatic heterocycles. The Kier molecular flexibility index (Phi) is 3.10. The maximum absolute atomic E-state index is 14.0. The molecule has 2 aliphatic rings. The van der Waals surface area contributed by atoms with Gasteiger partial charge in [0.1, 0.15) is 6.17 Å². The van der Waals surface area contributed by atoms with Crippen LogP contribution in [-0.4, -0.2) is 6.17 Å². The molecule has 0 amide bonds. The molecule has 0 saturated heterocycles. The third-order valence-electron chi connectivity index (χ3n) is 5.37. The van der Waals surface area contributed by atoms with Crippen LogP contribution in [0.1, 0.15) is 47.0 Å². The van der Waals surface area contributed by atoms with E-state index >= 15 is 0 Å². The summed E-state index contributed by atoms with van der Waals surface area (Å²) in [6, 6.07) is 0. The molecule has 7 unspecified atom stereocenters. The van der Waals surface area contributed by atoms with Crippen molar-refractivity contribution >= 4 is 0 Å². The van der Waals surface area contributed by atoms with Crippen molar-refractivity contribution in [3.8, 4) is 0 Å². The summed E-state index contributed by atoms with van der Waals surface area (Å²) in [7, 11) is 0. The second-order valence-electron chi connectivity index (χ2n) is 6.27. The molecule has 0 aromatic carbocycles. The first-order valence-corrected chi connectivity index (χ1v) is 6.66. The Labute approximate surface area is 93.6 Å². The lowest BCUT2D eigenvalue weighted by Crippen LogP contribution is -2.46. The maximum Gasteiger partial charge on any atom is 0.105 e. The highest BCUT2D eigenvalue weighted by Crippen LogP contribution is 2.50. The summed E-state index contributed by atoms with van der Waals surface area (Å²) in [6.07, 6.45) is 3.28. The lowest BCUT2D eigenvalue weighted by molar-refractivity contribution is -0.0392. The maximum atomic E-state index is 14.0. The first-order valence-electron chi connectivity index (χ1n) is 6.66. The molecule has 7 atom stereocenters. The number of hydrogen-bond acceptors (Lipinski definition) is 0. The molecule has 0 bridgehead atoms. The van der Waals surface area contributed by atoms with E-state index in [1.807, 2.05) is 0 Å². The summed E-state index contributed by atoms with van der Waals surface area (Å²) in [5.74, 6) is 3.57. The van der Waals surface area contributed by atoms with Crippen molar-refractivity contribution in [3.63, 3.8) is 0 Å². The van der Waals surface area contributed by atoms with Crippen molar-refractivity contribution in [1.82, 2.24) is 0 Å². The van der Waals surface area contributed by atoms with E-state index < -0.39 is 6.17 Å². The van der Waals surface area contributed by atoms with Gasteiger partial charge < -0.3 is 0 Å². The third kappa shape index (κ3) is 1.83. The van der Waals surface area contributed by atoms with E-state index in [0.717, 1.165) is 24.2 Å². The predicted octanol–water partition coefficient (Wildman–Crippen LogP) is 4.30. The Hall–Kier alpha value is -0.0700. The van der Waals surface area contributed by atoms with Crippen LogP contribution in [0.25, 0.3) is 0 Å². The van der Waals surface area contributed by atoms with E-state index in [1.54, 1.807) is 0 Å². The molecule has 2 saturated carbocycles. The van der Waals surface area contributed by atoms with E-state index in [9.17, 15) is 4.39 Å². The quantitative estimate of drug-likeness (QED) is 0.561. The average molecular weight is 212 g/mol. The van der Waals surface area contributed by atoms with Gasteiger partial charge in [0.2, 0.25) is 0 Å². The Bertz CT molecular complexity index is 223. The van der Waals surface area contributed by atoms with Gasteiger partial charge in [0.15, 0.2) is 0 Å². The molecule has 0 heterocycles. The zero-order valence-electron chi connectivity index (χ0n) is 10.5. The van der Waals surface area contributed by atoms with Crippen molar-refractivity contribution in [2.75, 3.05) is 0 Å². The lowest BCUT2D eigenvalue weighted by Gasteiger charge is -2.49. The van der Waals surface area contributed by atoms with Crippen molar-refractivity contribution in [2.45, 2.75) is 53.1 Å². The van der Waals surface area contributed by atoms with Gasteiger partial charge >= 0.3 is 0 Å². The molecule has 0 nitrogen and oxygen atoms in total. The molecule has 0 aromatic rings. The van der Waals surface area contributed by atoms with Crippen molar-refractivity contribution in [1.29, 1.82) is 0 Å². The zero-order chi connectivity index (χ0) is 11.2. The molecule has 2 aliphatic carbocycles. The van der Waals surface area contributed by atoms with Crippen molar-refractivity contribution in [3.05, 3.63) is 0 Å². The van der Waals surface area contributed by atoms with Crippen LogP contribution < -0.4 is 0 Å². The van der Waals surface area contributed by atoms with Crippen LogP contribution in [0.5, 0.6) is 0 Å². The molecule has 88 valence electrons. The average Bonchev–Trinajstić information content (AvgIpc) is 2.20. The molecular weight excluding hydrogens is 187 g/mol. The summed E-state index contributed by atoms with van der Waals surface area (Å²) in [4.78, 5) is 0. The van der Waals surface area contributed by atoms with E-state index in [2.05, 4.69) is 27.7 Å². The monoisotopic (exact) mass is 212 g/mol. The minimum atomic E-state index is -0.556. The predicted molar refractivity (Wildman–Crippen MR) is 62.4 cm³/mol. The van der Waals surface area contributed by atoms with Gasteiger partial charge in [0, 0.05) is 0 Å². The Morgan fingerprint density at radius 3 is 2.20 bits per heavy atom. The number of hydrogen-bond donors (Lipinski definition) is 0. The topological polar surface area (TPSA) is 0 Å². The molecule has 0 spiro atoms. The van der Waals surface area contributed by atoms with E-state index in [1.165, 1.54) is 12.8 Å². The van der Waals surface area contributed by atoms with Crippen molar-refractivity contribution < 1.29 is 4.39 Å². The van der Waals surface area contributed by atoms with Crippen LogP contribution >= 0.6 is 0 Å². The molecule has 2 rings (SSSR count). The lowest BCUT2D eigenvalue weighted by atomic mass is 9.56. The Morgan fingerprint density at radius 1 is 0.867 bits per heavy atom. The SMILES string of the molecule is CC1CCC2CC(C)C(F)C(C)C2C1C. The van der Waals surface area contributed by atoms with Gasteiger partial charge in [0.05, 0.1) is 0 Å². The van der Waals surface area contributed by atoms with Gasteiger partial charge in [-0.1, -0.05) is 34.1 Å². The summed E-state index contributed by atoms with van der Waals surface area (Å²) < 4.78 is 14.0. The number of fused-ring (bicyclic) bond motifs is 1. The van der Waals surface area contributed by atoms with Gasteiger partial charge in [-0.2, -0.15) is 0 Å². The van der Waals surface area contributed by atoms with Crippen LogP contribution in [0.2, 0.25) is 0 Å². The second-order valence-corrected chi connectivity index (χ2v) is 6.27. The standard InChI is InChI=1S/C14H25F/c1-8-5-6-12-7-9(2)14(15)11(4)13(12)10(8)3/h8-14H,5-7H2,1-4H3. The largest absolute Gasteiger partial charge is 0.247 e. The molecule has 0 N–H and O–H groups in total. The van der Waals surface area contributed by atoms with Crippen LogP contribution in [0.15, 0.2) is 0 Å². The normalized spacial score (nSPS) is 56.2. The smallest absolute Gasteiger partial charge is 0.105 e. The molecule has 0 aromatic heterocycles. The summed E-state index contributed by atoms with van der Waals surface area (Å²) in [5, 5.41) is 0. The number of rotatable bonds is 0. The zero-order valence-corrected chi connectivity index (χ0v) is 10.5. The van der Waals surface area contributed by atoms with Gasteiger partial charge in [-0.3, -0.25) is 0 Å².